The Kier molecular flexibility index (Phi) is 8.43. The molecule has 0 spiro atoms. The van der Waals surface area contributed by atoms with Crippen LogP contribution in [0.15, 0.2) is 95.7 Å². The van der Waals surface area contributed by atoms with E-state index in [0.29, 0.717) is 23.0 Å². The average Bonchev–Trinajstić information content (AvgIpc) is 3.34. The van der Waals surface area contributed by atoms with Crippen LogP contribution in [-0.2, 0) is 16.6 Å². The maximum Gasteiger partial charge on any atom is 0.250 e. The number of carbonyl (C=O) groups is 1. The van der Waals surface area contributed by atoms with E-state index >= 15 is 0 Å². The number of amides is 1. The molecule has 4 rings (SSSR count). The summed E-state index contributed by atoms with van der Waals surface area (Å²) >= 11 is 1.27. The highest BCUT2D eigenvalue weighted by Crippen LogP contribution is 2.30. The first-order valence-corrected chi connectivity index (χ1v) is 13.2. The van der Waals surface area contributed by atoms with Crippen LogP contribution in [0.3, 0.4) is 0 Å². The number of hydrazone groups is 1. The fraction of sp³-hybridized carbons (Fsp3) is 0.200. The van der Waals surface area contributed by atoms with Gasteiger partial charge in [0.2, 0.25) is 0 Å². The summed E-state index contributed by atoms with van der Waals surface area (Å²) in [6.07, 6.45) is 3.69. The minimum Gasteiger partial charge on any atom is -0.507 e. The molecule has 0 saturated carbocycles. The second-order valence-corrected chi connectivity index (χ2v) is 10.7. The smallest absolute Gasteiger partial charge is 0.250 e. The molecule has 4 aromatic rings. The number of rotatable bonds is 9. The van der Waals surface area contributed by atoms with Gasteiger partial charge in [0.05, 0.1) is 12.0 Å². The van der Waals surface area contributed by atoms with Gasteiger partial charge in [0.25, 0.3) is 5.91 Å². The third-order valence-electron chi connectivity index (χ3n) is 5.90. The number of nitrogens with one attached hydrogen (secondary N) is 1. The predicted octanol–water partition coefficient (Wildman–Crippen LogP) is 5.91. The van der Waals surface area contributed by atoms with Gasteiger partial charge in [0.15, 0.2) is 11.0 Å². The summed E-state index contributed by atoms with van der Waals surface area (Å²) in [5.41, 5.74) is 6.91. The Morgan fingerprint density at radius 1 is 1.05 bits per heavy atom. The maximum atomic E-state index is 12.5. The number of aromatic nitrogens is 3. The molecule has 38 heavy (non-hydrogen) atoms. The van der Waals surface area contributed by atoms with Crippen LogP contribution >= 0.6 is 11.8 Å². The van der Waals surface area contributed by atoms with Crippen molar-refractivity contribution in [2.24, 2.45) is 5.10 Å². The van der Waals surface area contributed by atoms with Crippen molar-refractivity contribution in [3.8, 4) is 22.8 Å². The quantitative estimate of drug-likeness (QED) is 0.123. The summed E-state index contributed by atoms with van der Waals surface area (Å²) in [5, 5.41) is 23.8. The second kappa shape index (κ2) is 11.9. The van der Waals surface area contributed by atoms with Crippen LogP contribution in [0.25, 0.3) is 17.1 Å². The lowest BCUT2D eigenvalue weighted by Gasteiger charge is -2.19. The molecule has 0 aliphatic carbocycles. The number of phenols is 1. The number of benzene rings is 3. The minimum absolute atomic E-state index is 0.0512. The fourth-order valence-electron chi connectivity index (χ4n) is 3.85. The molecule has 3 aromatic carbocycles. The molecule has 0 aliphatic heterocycles. The SMILES string of the molecule is C=CCc1cccc(/C=N\NC(=O)CSc2nnc(-c3ccc(C(C)(C)C)cc3)n2-c2ccccc2)c1O. The fourth-order valence-corrected chi connectivity index (χ4v) is 4.60. The Labute approximate surface area is 227 Å². The Bertz CT molecular complexity index is 1440. The van der Waals surface area contributed by atoms with E-state index in [1.165, 1.54) is 23.5 Å². The first kappa shape index (κ1) is 26.9. The topological polar surface area (TPSA) is 92.4 Å². The minimum atomic E-state index is -0.299. The highest BCUT2D eigenvalue weighted by Gasteiger charge is 2.19. The van der Waals surface area contributed by atoms with Crippen molar-refractivity contribution in [3.63, 3.8) is 0 Å². The number of carbonyl (C=O) groups excluding carboxylic acids is 1. The van der Waals surface area contributed by atoms with Crippen molar-refractivity contribution < 1.29 is 9.90 Å². The molecule has 0 fully saturated rings. The van der Waals surface area contributed by atoms with E-state index in [-0.39, 0.29) is 22.8 Å². The first-order chi connectivity index (χ1) is 18.3. The number of nitrogens with zero attached hydrogens (tertiary/aromatic N) is 4. The van der Waals surface area contributed by atoms with Crippen molar-refractivity contribution >= 4 is 23.9 Å². The number of allylic oxidation sites excluding steroid dienone is 1. The molecule has 1 aromatic heterocycles. The molecule has 0 unspecified atom stereocenters. The van der Waals surface area contributed by atoms with Gasteiger partial charge >= 0.3 is 0 Å². The molecule has 194 valence electrons. The van der Waals surface area contributed by atoms with Crippen LogP contribution < -0.4 is 5.43 Å². The molecule has 2 N–H and O–H groups in total. The largest absolute Gasteiger partial charge is 0.507 e. The molecular formula is C30H31N5O2S. The standard InChI is InChI=1S/C30H31N5O2S/c1-5-10-21-11-9-12-23(27(21)37)19-31-32-26(36)20-38-29-34-33-28(35(29)25-13-7-6-8-14-25)22-15-17-24(18-16-22)30(2,3)4/h5-9,11-19,37H,1,10,20H2,2-4H3,(H,32,36)/b31-19-. The van der Waals surface area contributed by atoms with Gasteiger partial charge in [-0.1, -0.05) is 93.2 Å². The lowest BCUT2D eigenvalue weighted by atomic mass is 9.87. The number of para-hydroxylation sites is 2. The monoisotopic (exact) mass is 525 g/mol. The number of phenolic OH excluding ortho intramolecular Hbond substituents is 1. The van der Waals surface area contributed by atoms with Crippen molar-refractivity contribution in [3.05, 3.63) is 102 Å². The van der Waals surface area contributed by atoms with E-state index in [2.05, 4.69) is 72.3 Å². The van der Waals surface area contributed by atoms with Gasteiger partial charge in [-0.3, -0.25) is 9.36 Å². The zero-order valence-corrected chi connectivity index (χ0v) is 22.6. The van der Waals surface area contributed by atoms with Gasteiger partial charge in [-0.25, -0.2) is 5.43 Å². The normalized spacial score (nSPS) is 11.6. The van der Waals surface area contributed by atoms with E-state index in [0.717, 1.165) is 16.8 Å². The zero-order chi connectivity index (χ0) is 27.1. The van der Waals surface area contributed by atoms with Crippen LogP contribution in [0, 0.1) is 0 Å². The molecule has 0 saturated heterocycles. The summed E-state index contributed by atoms with van der Waals surface area (Å²) in [6.45, 7) is 10.2. The van der Waals surface area contributed by atoms with Crippen molar-refractivity contribution in [1.82, 2.24) is 20.2 Å². The van der Waals surface area contributed by atoms with Gasteiger partial charge < -0.3 is 5.11 Å². The molecule has 7 nitrogen and oxygen atoms in total. The van der Waals surface area contributed by atoms with Crippen LogP contribution in [-0.4, -0.2) is 37.7 Å². The Morgan fingerprint density at radius 3 is 2.47 bits per heavy atom. The first-order valence-electron chi connectivity index (χ1n) is 12.3. The van der Waals surface area contributed by atoms with E-state index in [9.17, 15) is 9.90 Å². The highest BCUT2D eigenvalue weighted by molar-refractivity contribution is 7.99. The predicted molar refractivity (Wildman–Crippen MR) is 154 cm³/mol. The number of hydrogen-bond acceptors (Lipinski definition) is 6. The van der Waals surface area contributed by atoms with Crippen molar-refractivity contribution in [1.29, 1.82) is 0 Å². The number of thioether (sulfide) groups is 1. The average molecular weight is 526 g/mol. The summed E-state index contributed by atoms with van der Waals surface area (Å²) in [6, 6.07) is 23.5. The van der Waals surface area contributed by atoms with Gasteiger partial charge in [0, 0.05) is 16.8 Å². The third-order valence-corrected chi connectivity index (χ3v) is 6.83. The summed E-state index contributed by atoms with van der Waals surface area (Å²) in [7, 11) is 0. The molecular weight excluding hydrogens is 494 g/mol. The number of aromatic hydroxyl groups is 1. The van der Waals surface area contributed by atoms with Crippen molar-refractivity contribution in [2.45, 2.75) is 37.8 Å². The highest BCUT2D eigenvalue weighted by atomic mass is 32.2. The van der Waals surface area contributed by atoms with E-state index in [1.54, 1.807) is 12.1 Å². The Balaban J connectivity index is 1.50. The van der Waals surface area contributed by atoms with E-state index in [4.69, 9.17) is 0 Å². The molecule has 0 radical (unpaired) electrons. The zero-order valence-electron chi connectivity index (χ0n) is 21.8. The van der Waals surface area contributed by atoms with Gasteiger partial charge in [-0.15, -0.1) is 16.8 Å². The van der Waals surface area contributed by atoms with Crippen LogP contribution in [0.5, 0.6) is 5.75 Å². The van der Waals surface area contributed by atoms with Crippen LogP contribution in [0.1, 0.15) is 37.5 Å². The lowest BCUT2D eigenvalue weighted by molar-refractivity contribution is -0.118. The summed E-state index contributed by atoms with van der Waals surface area (Å²) in [5.74, 6) is 0.617. The van der Waals surface area contributed by atoms with Gasteiger partial charge in [0.1, 0.15) is 5.75 Å². The molecule has 0 aliphatic rings. The van der Waals surface area contributed by atoms with Crippen LogP contribution in [0.2, 0.25) is 0 Å². The second-order valence-electron chi connectivity index (χ2n) is 9.73. The lowest BCUT2D eigenvalue weighted by Crippen LogP contribution is -2.20. The Hall–Kier alpha value is -4.17. The van der Waals surface area contributed by atoms with Gasteiger partial charge in [-0.05, 0) is 41.2 Å². The maximum absolute atomic E-state index is 12.5. The van der Waals surface area contributed by atoms with E-state index in [1.807, 2.05) is 47.0 Å². The summed E-state index contributed by atoms with van der Waals surface area (Å²) in [4.78, 5) is 12.5. The Morgan fingerprint density at radius 2 is 1.79 bits per heavy atom. The molecule has 1 heterocycles. The van der Waals surface area contributed by atoms with Gasteiger partial charge in [-0.2, -0.15) is 5.10 Å². The number of hydrogen-bond donors (Lipinski definition) is 2. The third kappa shape index (κ3) is 6.39. The summed E-state index contributed by atoms with van der Waals surface area (Å²) < 4.78 is 1.95. The molecule has 8 heteroatoms. The molecule has 0 atom stereocenters. The molecule has 0 bridgehead atoms. The van der Waals surface area contributed by atoms with Crippen molar-refractivity contribution in [2.75, 3.05) is 5.75 Å². The van der Waals surface area contributed by atoms with Crippen LogP contribution in [0.4, 0.5) is 0 Å². The van der Waals surface area contributed by atoms with E-state index < -0.39 is 0 Å². The molecule has 1 amide bonds.